The molecule has 2 rings (SSSR count). The first-order valence-electron chi connectivity index (χ1n) is 6.42. The molecule has 0 saturated carbocycles. The second-order valence-electron chi connectivity index (χ2n) is 4.42. The van der Waals surface area contributed by atoms with E-state index in [2.05, 4.69) is 5.32 Å². The number of carbonyl (C=O) groups excluding carboxylic acids is 1. The number of benzene rings is 2. The summed E-state index contributed by atoms with van der Waals surface area (Å²) in [5, 5.41) is 3.34. The van der Waals surface area contributed by atoms with E-state index in [0.717, 1.165) is 5.56 Å². The first-order chi connectivity index (χ1) is 10.1. The minimum atomic E-state index is -0.147. The fourth-order valence-electron chi connectivity index (χ4n) is 1.90. The molecule has 4 nitrogen and oxygen atoms in total. The molecule has 0 heterocycles. The van der Waals surface area contributed by atoms with Crippen LogP contribution in [0.5, 0.6) is 11.5 Å². The van der Waals surface area contributed by atoms with Crippen LogP contribution in [-0.4, -0.2) is 13.0 Å². The summed E-state index contributed by atoms with van der Waals surface area (Å²) < 4.78 is 11.0. The molecule has 0 atom stereocenters. The molecule has 0 radical (unpaired) electrons. The lowest BCUT2D eigenvalue weighted by atomic mass is 10.2. The van der Waals surface area contributed by atoms with Gasteiger partial charge in [-0.25, -0.2) is 0 Å². The van der Waals surface area contributed by atoms with Gasteiger partial charge in [-0.3, -0.25) is 4.79 Å². The Morgan fingerprint density at radius 3 is 2.67 bits per heavy atom. The monoisotopic (exact) mass is 305 g/mol. The van der Waals surface area contributed by atoms with Gasteiger partial charge in [-0.2, -0.15) is 0 Å². The molecule has 1 amide bonds. The van der Waals surface area contributed by atoms with Gasteiger partial charge in [0.15, 0.2) is 0 Å². The van der Waals surface area contributed by atoms with Crippen LogP contribution in [0.25, 0.3) is 0 Å². The highest BCUT2D eigenvalue weighted by molar-refractivity contribution is 6.30. The lowest BCUT2D eigenvalue weighted by molar-refractivity contribution is -0.114. The van der Waals surface area contributed by atoms with Crippen LogP contribution in [0.2, 0.25) is 5.02 Å². The van der Waals surface area contributed by atoms with Gasteiger partial charge in [-0.1, -0.05) is 23.7 Å². The van der Waals surface area contributed by atoms with Gasteiger partial charge in [0.1, 0.15) is 18.1 Å². The third kappa shape index (κ3) is 4.13. The van der Waals surface area contributed by atoms with Gasteiger partial charge in [-0.05, 0) is 30.3 Å². The largest absolute Gasteiger partial charge is 0.496 e. The van der Waals surface area contributed by atoms with Crippen molar-refractivity contribution in [2.24, 2.45) is 0 Å². The molecule has 0 unspecified atom stereocenters. The van der Waals surface area contributed by atoms with Crippen molar-refractivity contribution in [3.8, 4) is 11.5 Å². The van der Waals surface area contributed by atoms with E-state index < -0.39 is 0 Å². The molecule has 0 saturated heterocycles. The number of rotatable bonds is 5. The summed E-state index contributed by atoms with van der Waals surface area (Å²) in [7, 11) is 1.60. The van der Waals surface area contributed by atoms with Gasteiger partial charge in [0.05, 0.1) is 12.8 Å². The Hall–Kier alpha value is -2.20. The number of para-hydroxylation sites is 2. The summed E-state index contributed by atoms with van der Waals surface area (Å²) in [6.07, 6.45) is 0. The van der Waals surface area contributed by atoms with Crippen molar-refractivity contribution in [3.63, 3.8) is 0 Å². The first-order valence-corrected chi connectivity index (χ1v) is 6.80. The quantitative estimate of drug-likeness (QED) is 0.911. The van der Waals surface area contributed by atoms with Gasteiger partial charge < -0.3 is 14.8 Å². The van der Waals surface area contributed by atoms with Crippen LogP contribution in [0.3, 0.4) is 0 Å². The van der Waals surface area contributed by atoms with Crippen LogP contribution in [0.15, 0.2) is 42.5 Å². The highest BCUT2D eigenvalue weighted by Crippen LogP contribution is 2.28. The normalized spacial score (nSPS) is 10.0. The van der Waals surface area contributed by atoms with E-state index in [4.69, 9.17) is 21.1 Å². The van der Waals surface area contributed by atoms with Gasteiger partial charge in [-0.15, -0.1) is 0 Å². The number of hydrogen-bond acceptors (Lipinski definition) is 3. The Morgan fingerprint density at radius 2 is 1.95 bits per heavy atom. The number of anilines is 1. The molecule has 0 aliphatic carbocycles. The number of methoxy groups -OCH3 is 1. The number of halogens is 1. The SMILES string of the molecule is COc1ccc(Cl)cc1COc1ccccc1NC(C)=O. The van der Waals surface area contributed by atoms with Gasteiger partial charge in [0.25, 0.3) is 0 Å². The summed E-state index contributed by atoms with van der Waals surface area (Å²) in [5.41, 5.74) is 1.47. The van der Waals surface area contributed by atoms with E-state index in [9.17, 15) is 4.79 Å². The van der Waals surface area contributed by atoms with Crippen molar-refractivity contribution in [1.82, 2.24) is 0 Å². The molecule has 1 N–H and O–H groups in total. The van der Waals surface area contributed by atoms with Crippen molar-refractivity contribution in [2.45, 2.75) is 13.5 Å². The predicted octanol–water partition coefficient (Wildman–Crippen LogP) is 3.89. The maximum Gasteiger partial charge on any atom is 0.221 e. The van der Waals surface area contributed by atoms with Crippen LogP contribution in [0.4, 0.5) is 5.69 Å². The molecule has 0 bridgehead atoms. The molecule has 2 aromatic carbocycles. The smallest absolute Gasteiger partial charge is 0.221 e. The zero-order valence-electron chi connectivity index (χ0n) is 11.9. The van der Waals surface area contributed by atoms with Crippen LogP contribution in [0, 0.1) is 0 Å². The number of hydrogen-bond donors (Lipinski definition) is 1. The van der Waals surface area contributed by atoms with Crippen molar-refractivity contribution in [3.05, 3.63) is 53.1 Å². The molecule has 21 heavy (non-hydrogen) atoms. The summed E-state index contributed by atoms with van der Waals surface area (Å²) in [6.45, 7) is 1.75. The second-order valence-corrected chi connectivity index (χ2v) is 4.86. The van der Waals surface area contributed by atoms with Crippen LogP contribution in [0.1, 0.15) is 12.5 Å². The Morgan fingerprint density at radius 1 is 1.19 bits per heavy atom. The number of amides is 1. The van der Waals surface area contributed by atoms with Gasteiger partial charge in [0, 0.05) is 17.5 Å². The maximum atomic E-state index is 11.2. The zero-order valence-corrected chi connectivity index (χ0v) is 12.6. The fourth-order valence-corrected chi connectivity index (χ4v) is 2.10. The summed E-state index contributed by atoms with van der Waals surface area (Å²) in [6, 6.07) is 12.6. The molecular weight excluding hydrogens is 290 g/mol. The lowest BCUT2D eigenvalue weighted by Crippen LogP contribution is -2.08. The van der Waals surface area contributed by atoms with E-state index in [-0.39, 0.29) is 5.91 Å². The van der Waals surface area contributed by atoms with E-state index in [1.54, 1.807) is 37.4 Å². The third-order valence-electron chi connectivity index (χ3n) is 2.82. The van der Waals surface area contributed by atoms with Crippen molar-refractivity contribution >= 4 is 23.2 Å². The fraction of sp³-hybridized carbons (Fsp3) is 0.188. The van der Waals surface area contributed by atoms with Crippen molar-refractivity contribution < 1.29 is 14.3 Å². The minimum Gasteiger partial charge on any atom is -0.496 e. The first kappa shape index (κ1) is 15.2. The molecule has 0 spiro atoms. The molecule has 0 aliphatic heterocycles. The van der Waals surface area contributed by atoms with Crippen LogP contribution < -0.4 is 14.8 Å². The molecule has 2 aromatic rings. The second kappa shape index (κ2) is 6.99. The number of ether oxygens (including phenoxy) is 2. The molecule has 0 aromatic heterocycles. The highest BCUT2D eigenvalue weighted by Gasteiger charge is 2.08. The lowest BCUT2D eigenvalue weighted by Gasteiger charge is -2.13. The number of nitrogens with one attached hydrogen (secondary N) is 1. The van der Waals surface area contributed by atoms with Crippen LogP contribution in [-0.2, 0) is 11.4 Å². The topological polar surface area (TPSA) is 47.6 Å². The molecule has 110 valence electrons. The summed E-state index contributed by atoms with van der Waals surface area (Å²) >= 11 is 5.99. The van der Waals surface area contributed by atoms with Crippen molar-refractivity contribution in [1.29, 1.82) is 0 Å². The van der Waals surface area contributed by atoms with Gasteiger partial charge in [0.2, 0.25) is 5.91 Å². The van der Waals surface area contributed by atoms with Gasteiger partial charge >= 0.3 is 0 Å². The standard InChI is InChI=1S/C16H16ClNO3/c1-11(19)18-14-5-3-4-6-16(14)21-10-12-9-13(17)7-8-15(12)20-2/h3-9H,10H2,1-2H3,(H,18,19). The maximum absolute atomic E-state index is 11.2. The van der Waals surface area contributed by atoms with E-state index in [1.165, 1.54) is 6.92 Å². The summed E-state index contributed by atoms with van der Waals surface area (Å²) in [5.74, 6) is 1.15. The number of carbonyl (C=O) groups is 1. The summed E-state index contributed by atoms with van der Waals surface area (Å²) in [4.78, 5) is 11.2. The zero-order chi connectivity index (χ0) is 15.2. The minimum absolute atomic E-state index is 0.147. The van der Waals surface area contributed by atoms with E-state index in [1.807, 2.05) is 12.1 Å². The third-order valence-corrected chi connectivity index (χ3v) is 3.06. The Kier molecular flexibility index (Phi) is 5.06. The molecular formula is C16H16ClNO3. The average molecular weight is 306 g/mol. The molecule has 0 aliphatic rings. The Bertz CT molecular complexity index is 643. The molecule has 5 heteroatoms. The van der Waals surface area contributed by atoms with Crippen LogP contribution >= 0.6 is 11.6 Å². The average Bonchev–Trinajstić information content (AvgIpc) is 2.46. The highest BCUT2D eigenvalue weighted by atomic mass is 35.5. The van der Waals surface area contributed by atoms with Crippen molar-refractivity contribution in [2.75, 3.05) is 12.4 Å². The predicted molar refractivity (Wildman–Crippen MR) is 83.1 cm³/mol. The Balaban J connectivity index is 2.17. The molecule has 0 fully saturated rings. The van der Waals surface area contributed by atoms with E-state index in [0.29, 0.717) is 28.8 Å². The van der Waals surface area contributed by atoms with E-state index >= 15 is 0 Å². The Labute approximate surface area is 128 Å².